The van der Waals surface area contributed by atoms with Gasteiger partial charge in [-0.3, -0.25) is 5.41 Å². The third kappa shape index (κ3) is 5.27. The summed E-state index contributed by atoms with van der Waals surface area (Å²) in [7, 11) is 0. The second kappa shape index (κ2) is 8.92. The van der Waals surface area contributed by atoms with Crippen molar-refractivity contribution in [3.63, 3.8) is 0 Å². The van der Waals surface area contributed by atoms with E-state index in [9.17, 15) is 0 Å². The molecule has 0 aliphatic heterocycles. The molecule has 0 aliphatic carbocycles. The third-order valence-electron chi connectivity index (χ3n) is 2.62. The fourth-order valence-corrected chi connectivity index (χ4v) is 1.87. The molecule has 0 unspecified atom stereocenters. The van der Waals surface area contributed by atoms with Crippen LogP contribution in [0.5, 0.6) is 5.75 Å². The highest BCUT2D eigenvalue weighted by Gasteiger charge is 2.06. The second-order valence-electron chi connectivity index (χ2n) is 4.22. The number of hydrazone groups is 1. The summed E-state index contributed by atoms with van der Waals surface area (Å²) in [4.78, 5) is 0. The average molecular weight is 339 g/mol. The molecule has 0 saturated carbocycles. The van der Waals surface area contributed by atoms with Crippen LogP contribution in [0.25, 0.3) is 0 Å². The first-order valence-electron chi connectivity index (χ1n) is 6.25. The van der Waals surface area contributed by atoms with Gasteiger partial charge in [0, 0.05) is 5.56 Å². The van der Waals surface area contributed by atoms with E-state index >= 15 is 0 Å². The van der Waals surface area contributed by atoms with Crippen molar-refractivity contribution < 1.29 is 4.74 Å². The maximum Gasteiger partial charge on any atom is 0.206 e. The predicted molar refractivity (Wildman–Crippen MR) is 92.1 cm³/mol. The standard InChI is InChI=1S/C15H15ClN4O.ClH/c16-14-12(9-19-20-15(17)18)7-4-8-13(14)21-10-11-5-2-1-3-6-11;/h1-9H,10H2,(H4,17,18,20);1H/b19-9+;. The Kier molecular flexibility index (Phi) is 7.22. The molecular formula is C15H16Cl2N4O. The van der Waals surface area contributed by atoms with Gasteiger partial charge in [0.1, 0.15) is 12.4 Å². The maximum absolute atomic E-state index is 7.01. The Morgan fingerprint density at radius 3 is 2.64 bits per heavy atom. The van der Waals surface area contributed by atoms with Crippen molar-refractivity contribution >= 4 is 36.2 Å². The number of guanidine groups is 1. The lowest BCUT2D eigenvalue weighted by Crippen LogP contribution is -2.25. The Hall–Kier alpha value is -2.24. The maximum atomic E-state index is 7.01. The van der Waals surface area contributed by atoms with Crippen molar-refractivity contribution in [2.75, 3.05) is 0 Å². The fourth-order valence-electron chi connectivity index (χ4n) is 1.65. The first-order chi connectivity index (χ1) is 10.2. The highest BCUT2D eigenvalue weighted by molar-refractivity contribution is 6.34. The molecule has 0 bridgehead atoms. The van der Waals surface area contributed by atoms with Gasteiger partial charge in [-0.15, -0.1) is 12.4 Å². The van der Waals surface area contributed by atoms with Crippen LogP contribution >= 0.6 is 24.0 Å². The molecule has 0 aromatic heterocycles. The Morgan fingerprint density at radius 2 is 1.95 bits per heavy atom. The molecule has 0 saturated heterocycles. The summed E-state index contributed by atoms with van der Waals surface area (Å²) in [6, 6.07) is 15.2. The van der Waals surface area contributed by atoms with Crippen molar-refractivity contribution in [2.45, 2.75) is 6.61 Å². The van der Waals surface area contributed by atoms with Gasteiger partial charge in [-0.05, 0) is 11.6 Å². The lowest BCUT2D eigenvalue weighted by molar-refractivity contribution is 0.306. The second-order valence-corrected chi connectivity index (χ2v) is 4.60. The normalized spacial score (nSPS) is 10.0. The van der Waals surface area contributed by atoms with E-state index in [1.165, 1.54) is 6.21 Å². The molecule has 116 valence electrons. The minimum Gasteiger partial charge on any atom is -0.487 e. The summed E-state index contributed by atoms with van der Waals surface area (Å²) in [6.07, 6.45) is 1.49. The topological polar surface area (TPSA) is 83.5 Å². The number of rotatable bonds is 5. The summed E-state index contributed by atoms with van der Waals surface area (Å²) in [5.41, 5.74) is 9.20. The highest BCUT2D eigenvalue weighted by atomic mass is 35.5. The van der Waals surface area contributed by atoms with Gasteiger partial charge in [-0.1, -0.05) is 54.1 Å². The molecule has 0 spiro atoms. The van der Waals surface area contributed by atoms with Crippen LogP contribution in [0.2, 0.25) is 5.02 Å². The minimum absolute atomic E-state index is 0. The van der Waals surface area contributed by atoms with Crippen molar-refractivity contribution in [1.82, 2.24) is 5.43 Å². The number of hydrogen-bond acceptors (Lipinski definition) is 3. The average Bonchev–Trinajstić information content (AvgIpc) is 2.48. The molecule has 0 atom stereocenters. The van der Waals surface area contributed by atoms with Gasteiger partial charge in [-0.2, -0.15) is 5.10 Å². The van der Waals surface area contributed by atoms with E-state index in [0.717, 1.165) is 5.56 Å². The molecule has 0 aliphatic rings. The zero-order valence-corrected chi connectivity index (χ0v) is 13.2. The van der Waals surface area contributed by atoms with Crippen molar-refractivity contribution in [1.29, 1.82) is 5.41 Å². The Labute approximate surface area is 140 Å². The molecule has 7 heteroatoms. The van der Waals surface area contributed by atoms with Crippen LogP contribution in [0.3, 0.4) is 0 Å². The van der Waals surface area contributed by atoms with Crippen LogP contribution < -0.4 is 15.9 Å². The molecular weight excluding hydrogens is 323 g/mol. The summed E-state index contributed by atoms with van der Waals surface area (Å²) < 4.78 is 5.71. The molecule has 0 radical (unpaired) electrons. The Bertz CT molecular complexity index is 647. The van der Waals surface area contributed by atoms with Crippen molar-refractivity contribution in [2.24, 2.45) is 10.8 Å². The number of nitrogens with zero attached hydrogens (tertiary/aromatic N) is 1. The zero-order valence-electron chi connectivity index (χ0n) is 11.6. The van der Waals surface area contributed by atoms with E-state index in [0.29, 0.717) is 22.9 Å². The monoisotopic (exact) mass is 338 g/mol. The van der Waals surface area contributed by atoms with E-state index in [4.69, 9.17) is 27.5 Å². The number of nitrogens with one attached hydrogen (secondary N) is 2. The first-order valence-corrected chi connectivity index (χ1v) is 6.63. The molecule has 2 rings (SSSR count). The third-order valence-corrected chi connectivity index (χ3v) is 3.02. The number of hydrogen-bond donors (Lipinski definition) is 3. The van der Waals surface area contributed by atoms with Gasteiger partial charge < -0.3 is 10.5 Å². The van der Waals surface area contributed by atoms with E-state index in [1.54, 1.807) is 12.1 Å². The van der Waals surface area contributed by atoms with Crippen molar-refractivity contribution in [3.05, 3.63) is 64.7 Å². The molecule has 2 aromatic carbocycles. The van der Waals surface area contributed by atoms with Crippen LogP contribution in [0.15, 0.2) is 53.6 Å². The molecule has 0 fully saturated rings. The number of benzene rings is 2. The number of nitrogens with two attached hydrogens (primary N) is 1. The quantitative estimate of drug-likeness (QED) is 0.444. The zero-order chi connectivity index (χ0) is 15.1. The van der Waals surface area contributed by atoms with Crippen LogP contribution in [0, 0.1) is 5.41 Å². The fraction of sp³-hybridized carbons (Fsp3) is 0.0667. The summed E-state index contributed by atoms with van der Waals surface area (Å²) in [5.74, 6) is 0.339. The number of halogens is 2. The Morgan fingerprint density at radius 1 is 1.23 bits per heavy atom. The van der Waals surface area contributed by atoms with Crippen LogP contribution in [0.4, 0.5) is 0 Å². The van der Waals surface area contributed by atoms with Crippen LogP contribution in [-0.4, -0.2) is 12.2 Å². The van der Waals surface area contributed by atoms with Crippen LogP contribution in [-0.2, 0) is 6.61 Å². The summed E-state index contributed by atoms with van der Waals surface area (Å²) >= 11 is 6.26. The van der Waals surface area contributed by atoms with Gasteiger partial charge >= 0.3 is 0 Å². The molecule has 4 N–H and O–H groups in total. The van der Waals surface area contributed by atoms with E-state index in [-0.39, 0.29) is 18.4 Å². The Balaban J connectivity index is 0.00000242. The smallest absolute Gasteiger partial charge is 0.206 e. The van der Waals surface area contributed by atoms with E-state index in [1.807, 2.05) is 36.4 Å². The highest BCUT2D eigenvalue weighted by Crippen LogP contribution is 2.27. The van der Waals surface area contributed by atoms with Gasteiger partial charge in [0.15, 0.2) is 0 Å². The van der Waals surface area contributed by atoms with E-state index in [2.05, 4.69) is 10.5 Å². The molecule has 0 amide bonds. The van der Waals surface area contributed by atoms with Crippen LogP contribution in [0.1, 0.15) is 11.1 Å². The number of ether oxygens (including phenoxy) is 1. The van der Waals surface area contributed by atoms with Gasteiger partial charge in [0.05, 0.1) is 11.2 Å². The molecule has 22 heavy (non-hydrogen) atoms. The molecule has 0 heterocycles. The van der Waals surface area contributed by atoms with Crippen molar-refractivity contribution in [3.8, 4) is 5.75 Å². The lowest BCUT2D eigenvalue weighted by Gasteiger charge is -2.09. The first kappa shape index (κ1) is 17.8. The van der Waals surface area contributed by atoms with E-state index < -0.39 is 0 Å². The summed E-state index contributed by atoms with van der Waals surface area (Å²) in [5, 5.41) is 11.3. The molecule has 5 nitrogen and oxygen atoms in total. The lowest BCUT2D eigenvalue weighted by atomic mass is 10.2. The van der Waals surface area contributed by atoms with Gasteiger partial charge in [0.25, 0.3) is 0 Å². The SMILES string of the molecule is Cl.N=C(N)N/N=C/c1cccc(OCc2ccccc2)c1Cl. The predicted octanol–water partition coefficient (Wildman–Crippen LogP) is 3.16. The summed E-state index contributed by atoms with van der Waals surface area (Å²) in [6.45, 7) is 0.437. The largest absolute Gasteiger partial charge is 0.487 e. The minimum atomic E-state index is -0.237. The van der Waals surface area contributed by atoms with Gasteiger partial charge in [0.2, 0.25) is 5.96 Å². The molecule has 2 aromatic rings. The van der Waals surface area contributed by atoms with Gasteiger partial charge in [-0.25, -0.2) is 5.43 Å².